The number of aliphatic hydroxyl groups is 1. The Labute approximate surface area is 105 Å². The summed E-state index contributed by atoms with van der Waals surface area (Å²) in [6.07, 6.45) is 0.788. The fourth-order valence-corrected chi connectivity index (χ4v) is 1.99. The van der Waals surface area contributed by atoms with Gasteiger partial charge in [0.1, 0.15) is 5.76 Å². The molecule has 6 heteroatoms. The van der Waals surface area contributed by atoms with Crippen LogP contribution in [0.3, 0.4) is 0 Å². The largest absolute Gasteiger partial charge is 0.455 e. The van der Waals surface area contributed by atoms with Gasteiger partial charge in [0.15, 0.2) is 5.76 Å². The van der Waals surface area contributed by atoms with E-state index in [9.17, 15) is 4.79 Å². The minimum atomic E-state index is -0.215. The SMILES string of the molecule is NCc1ccc(C(=O)NCCSCCCO)o1. The van der Waals surface area contributed by atoms with Crippen molar-refractivity contribution in [3.63, 3.8) is 0 Å². The fraction of sp³-hybridized carbons (Fsp3) is 0.545. The molecule has 4 N–H and O–H groups in total. The molecular weight excluding hydrogens is 240 g/mol. The summed E-state index contributed by atoms with van der Waals surface area (Å²) >= 11 is 1.70. The van der Waals surface area contributed by atoms with Crippen LogP contribution in [0.4, 0.5) is 0 Å². The van der Waals surface area contributed by atoms with Gasteiger partial charge in [-0.1, -0.05) is 0 Å². The molecule has 0 bridgehead atoms. The number of rotatable bonds is 8. The molecule has 0 spiro atoms. The number of thioether (sulfide) groups is 1. The normalized spacial score (nSPS) is 10.5. The van der Waals surface area contributed by atoms with Gasteiger partial charge in [-0.3, -0.25) is 4.79 Å². The lowest BCUT2D eigenvalue weighted by molar-refractivity contribution is 0.0927. The number of hydrogen-bond donors (Lipinski definition) is 3. The molecule has 0 aliphatic carbocycles. The van der Waals surface area contributed by atoms with Gasteiger partial charge in [0.05, 0.1) is 6.54 Å². The molecule has 5 nitrogen and oxygen atoms in total. The highest BCUT2D eigenvalue weighted by Gasteiger charge is 2.09. The lowest BCUT2D eigenvalue weighted by Crippen LogP contribution is -2.25. The van der Waals surface area contributed by atoms with E-state index < -0.39 is 0 Å². The van der Waals surface area contributed by atoms with Gasteiger partial charge in [0.2, 0.25) is 0 Å². The average Bonchev–Trinajstić information content (AvgIpc) is 2.82. The Morgan fingerprint density at radius 3 is 2.94 bits per heavy atom. The first-order valence-corrected chi connectivity index (χ1v) is 6.69. The van der Waals surface area contributed by atoms with Gasteiger partial charge in [0, 0.05) is 18.9 Å². The Morgan fingerprint density at radius 2 is 2.29 bits per heavy atom. The van der Waals surface area contributed by atoms with E-state index in [-0.39, 0.29) is 12.5 Å². The molecule has 1 aromatic heterocycles. The third-order valence-corrected chi connectivity index (χ3v) is 3.14. The van der Waals surface area contributed by atoms with Crippen LogP contribution in [0.15, 0.2) is 16.5 Å². The van der Waals surface area contributed by atoms with Crippen LogP contribution >= 0.6 is 11.8 Å². The number of nitrogens with one attached hydrogen (secondary N) is 1. The van der Waals surface area contributed by atoms with E-state index in [1.807, 2.05) is 0 Å². The van der Waals surface area contributed by atoms with Crippen LogP contribution < -0.4 is 11.1 Å². The van der Waals surface area contributed by atoms with Gasteiger partial charge < -0.3 is 20.6 Å². The second kappa shape index (κ2) is 8.16. The predicted octanol–water partition coefficient (Wildman–Crippen LogP) is 0.584. The monoisotopic (exact) mass is 258 g/mol. The van der Waals surface area contributed by atoms with Gasteiger partial charge in [-0.05, 0) is 24.3 Å². The third-order valence-electron chi connectivity index (χ3n) is 2.07. The lowest BCUT2D eigenvalue weighted by atomic mass is 10.4. The topological polar surface area (TPSA) is 88.5 Å². The van der Waals surface area contributed by atoms with E-state index in [2.05, 4.69) is 5.32 Å². The van der Waals surface area contributed by atoms with E-state index in [1.54, 1.807) is 23.9 Å². The number of nitrogens with two attached hydrogens (primary N) is 1. The van der Waals surface area contributed by atoms with Crippen molar-refractivity contribution in [3.05, 3.63) is 23.7 Å². The maximum atomic E-state index is 11.6. The number of amides is 1. The predicted molar refractivity (Wildman–Crippen MR) is 68.0 cm³/mol. The molecule has 0 aromatic carbocycles. The number of aliphatic hydroxyl groups excluding tert-OH is 1. The highest BCUT2D eigenvalue weighted by molar-refractivity contribution is 7.99. The van der Waals surface area contributed by atoms with Crippen molar-refractivity contribution >= 4 is 17.7 Å². The molecule has 0 atom stereocenters. The first-order chi connectivity index (χ1) is 8.27. The minimum absolute atomic E-state index is 0.215. The van der Waals surface area contributed by atoms with Crippen LogP contribution in [0.25, 0.3) is 0 Å². The Kier molecular flexibility index (Phi) is 6.76. The van der Waals surface area contributed by atoms with Crippen molar-refractivity contribution in [1.29, 1.82) is 0 Å². The molecule has 0 fully saturated rings. The Morgan fingerprint density at radius 1 is 1.47 bits per heavy atom. The van der Waals surface area contributed by atoms with Gasteiger partial charge >= 0.3 is 0 Å². The lowest BCUT2D eigenvalue weighted by Gasteiger charge is -2.02. The summed E-state index contributed by atoms with van der Waals surface area (Å²) in [6, 6.07) is 3.32. The van der Waals surface area contributed by atoms with E-state index in [0.717, 1.165) is 17.9 Å². The molecule has 0 saturated carbocycles. The Bertz CT molecular complexity index is 341. The third kappa shape index (κ3) is 5.25. The molecule has 1 amide bonds. The van der Waals surface area contributed by atoms with Gasteiger partial charge in [-0.25, -0.2) is 0 Å². The molecule has 0 radical (unpaired) electrons. The van der Waals surface area contributed by atoms with Gasteiger partial charge in [0.25, 0.3) is 5.91 Å². The van der Waals surface area contributed by atoms with Crippen LogP contribution in [-0.2, 0) is 6.54 Å². The Hall–Kier alpha value is -0.980. The van der Waals surface area contributed by atoms with Crippen molar-refractivity contribution in [2.75, 3.05) is 24.7 Å². The number of furan rings is 1. The molecule has 17 heavy (non-hydrogen) atoms. The molecule has 1 rings (SSSR count). The van der Waals surface area contributed by atoms with E-state index >= 15 is 0 Å². The summed E-state index contributed by atoms with van der Waals surface area (Å²) in [5, 5.41) is 11.3. The van der Waals surface area contributed by atoms with Crippen molar-refractivity contribution in [1.82, 2.24) is 5.32 Å². The summed E-state index contributed by atoms with van der Waals surface area (Å²) in [5.41, 5.74) is 5.38. The highest BCUT2D eigenvalue weighted by atomic mass is 32.2. The molecule has 0 unspecified atom stereocenters. The molecular formula is C11H18N2O3S. The van der Waals surface area contributed by atoms with Crippen molar-refractivity contribution in [2.24, 2.45) is 5.73 Å². The minimum Gasteiger partial charge on any atom is -0.455 e. The average molecular weight is 258 g/mol. The smallest absolute Gasteiger partial charge is 0.287 e. The first-order valence-electron chi connectivity index (χ1n) is 5.53. The Balaban J connectivity index is 2.16. The second-order valence-corrected chi connectivity index (χ2v) is 4.64. The van der Waals surface area contributed by atoms with Crippen LogP contribution in [0.1, 0.15) is 22.7 Å². The van der Waals surface area contributed by atoms with Crippen molar-refractivity contribution < 1.29 is 14.3 Å². The van der Waals surface area contributed by atoms with Crippen molar-refractivity contribution in [3.8, 4) is 0 Å². The van der Waals surface area contributed by atoms with Crippen molar-refractivity contribution in [2.45, 2.75) is 13.0 Å². The summed E-state index contributed by atoms with van der Waals surface area (Å²) in [6.45, 7) is 1.10. The maximum Gasteiger partial charge on any atom is 0.287 e. The number of carbonyl (C=O) groups excluding carboxylic acids is 1. The molecule has 0 aliphatic heterocycles. The van der Waals surface area contributed by atoms with Crippen LogP contribution in [0.2, 0.25) is 0 Å². The number of hydrogen-bond acceptors (Lipinski definition) is 5. The quantitative estimate of drug-likeness (QED) is 0.594. The first kappa shape index (κ1) is 14.1. The number of carbonyl (C=O) groups is 1. The summed E-state index contributed by atoms with van der Waals surface area (Å²) in [7, 11) is 0. The zero-order valence-corrected chi connectivity index (χ0v) is 10.5. The highest BCUT2D eigenvalue weighted by Crippen LogP contribution is 2.07. The van der Waals surface area contributed by atoms with Gasteiger partial charge in [-0.2, -0.15) is 11.8 Å². The maximum absolute atomic E-state index is 11.6. The molecule has 0 saturated heterocycles. The molecule has 1 heterocycles. The van der Waals surface area contributed by atoms with Crippen LogP contribution in [-0.4, -0.2) is 35.7 Å². The van der Waals surface area contributed by atoms with E-state index in [1.165, 1.54) is 0 Å². The zero-order valence-electron chi connectivity index (χ0n) is 9.65. The summed E-state index contributed by atoms with van der Waals surface area (Å²) < 4.78 is 5.21. The second-order valence-electron chi connectivity index (χ2n) is 3.42. The zero-order chi connectivity index (χ0) is 12.5. The van der Waals surface area contributed by atoms with Crippen LogP contribution in [0, 0.1) is 0 Å². The standard InChI is InChI=1S/C11H18N2O3S/c12-8-9-2-3-10(16-9)11(15)13-4-7-17-6-1-5-14/h2-3,14H,1,4-8,12H2,(H,13,15). The van der Waals surface area contributed by atoms with Gasteiger partial charge in [-0.15, -0.1) is 0 Å². The summed E-state index contributed by atoms with van der Waals surface area (Å²) in [4.78, 5) is 11.6. The molecule has 0 aliphatic rings. The molecule has 1 aromatic rings. The van der Waals surface area contributed by atoms with E-state index in [4.69, 9.17) is 15.3 Å². The fourth-order valence-electron chi connectivity index (χ4n) is 1.20. The molecule has 96 valence electrons. The van der Waals surface area contributed by atoms with Crippen LogP contribution in [0.5, 0.6) is 0 Å². The summed E-state index contributed by atoms with van der Waals surface area (Å²) in [5.74, 6) is 2.42. The van der Waals surface area contributed by atoms with E-state index in [0.29, 0.717) is 24.6 Å².